The molecule has 6 heteroatoms. The topological polar surface area (TPSA) is 75.0 Å². The lowest BCUT2D eigenvalue weighted by Crippen LogP contribution is -2.04. The molecule has 124 valence electrons. The first kappa shape index (κ1) is 16.7. The Morgan fingerprint density at radius 3 is 2.76 bits per heavy atom. The third-order valence-electron chi connectivity index (χ3n) is 3.38. The molecule has 25 heavy (non-hydrogen) atoms. The Labute approximate surface area is 149 Å². The van der Waals surface area contributed by atoms with Crippen LogP contribution in [0.4, 0.5) is 10.8 Å². The molecule has 0 spiro atoms. The molecule has 0 bridgehead atoms. The lowest BCUT2D eigenvalue weighted by molar-refractivity contribution is 0.0532. The third kappa shape index (κ3) is 3.84. The van der Waals surface area contributed by atoms with E-state index >= 15 is 0 Å². The van der Waals surface area contributed by atoms with Crippen molar-refractivity contribution < 1.29 is 9.53 Å². The van der Waals surface area contributed by atoms with Crippen LogP contribution >= 0.6 is 11.3 Å². The number of para-hydroxylation sites is 1. The molecule has 0 saturated carbocycles. The molecule has 0 saturated heterocycles. The zero-order valence-corrected chi connectivity index (χ0v) is 14.3. The van der Waals surface area contributed by atoms with Crippen molar-refractivity contribution in [3.8, 4) is 17.3 Å². The van der Waals surface area contributed by atoms with Gasteiger partial charge in [-0.3, -0.25) is 0 Å². The van der Waals surface area contributed by atoms with E-state index in [2.05, 4.69) is 16.4 Å². The van der Waals surface area contributed by atoms with Crippen LogP contribution in [0.25, 0.3) is 11.3 Å². The van der Waals surface area contributed by atoms with E-state index in [1.165, 1.54) is 11.3 Å². The Balaban J connectivity index is 2.02. The molecule has 0 aliphatic heterocycles. The second-order valence-corrected chi connectivity index (χ2v) is 6.10. The third-order valence-corrected chi connectivity index (χ3v) is 4.33. The summed E-state index contributed by atoms with van der Waals surface area (Å²) < 4.78 is 5.15. The van der Waals surface area contributed by atoms with Crippen molar-refractivity contribution in [1.82, 2.24) is 4.98 Å². The summed E-state index contributed by atoms with van der Waals surface area (Å²) in [6.45, 7) is 2.05. The van der Waals surface area contributed by atoms with Gasteiger partial charge in [0.25, 0.3) is 0 Å². The molecule has 3 aromatic rings. The van der Waals surface area contributed by atoms with Gasteiger partial charge >= 0.3 is 5.97 Å². The fraction of sp³-hybridized carbons (Fsp3) is 0.105. The van der Waals surface area contributed by atoms with Gasteiger partial charge in [0.2, 0.25) is 0 Å². The second-order valence-electron chi connectivity index (χ2n) is 5.10. The summed E-state index contributed by atoms with van der Waals surface area (Å²) in [6, 6.07) is 18.7. The standard InChI is InChI=1S/C19H15N3O2S/c1-2-24-18(23)17-16(14-8-6-7-13(11-14)12-20)22-19(25-17)21-15-9-4-3-5-10-15/h3-11H,2H2,1H3,(H,21,22). The van der Waals surface area contributed by atoms with Crippen LogP contribution in [0.3, 0.4) is 0 Å². The van der Waals surface area contributed by atoms with Crippen LogP contribution in [-0.4, -0.2) is 17.6 Å². The molecule has 1 aromatic heterocycles. The van der Waals surface area contributed by atoms with E-state index in [1.807, 2.05) is 36.4 Å². The Kier molecular flexibility index (Phi) is 5.07. The molecule has 0 unspecified atom stereocenters. The van der Waals surface area contributed by atoms with E-state index in [0.717, 1.165) is 5.69 Å². The predicted octanol–water partition coefficient (Wildman–Crippen LogP) is 4.60. The van der Waals surface area contributed by atoms with E-state index < -0.39 is 5.97 Å². The van der Waals surface area contributed by atoms with Gasteiger partial charge in [-0.15, -0.1) is 0 Å². The van der Waals surface area contributed by atoms with Gasteiger partial charge in [-0.2, -0.15) is 5.26 Å². The van der Waals surface area contributed by atoms with Gasteiger partial charge in [0, 0.05) is 11.3 Å². The number of rotatable bonds is 5. The lowest BCUT2D eigenvalue weighted by Gasteiger charge is -2.02. The van der Waals surface area contributed by atoms with Crippen molar-refractivity contribution in [3.05, 3.63) is 65.0 Å². The molecule has 5 nitrogen and oxygen atoms in total. The quantitative estimate of drug-likeness (QED) is 0.681. The van der Waals surface area contributed by atoms with E-state index in [1.54, 1.807) is 25.1 Å². The van der Waals surface area contributed by atoms with Crippen LogP contribution in [0.2, 0.25) is 0 Å². The van der Waals surface area contributed by atoms with Gasteiger partial charge in [0.1, 0.15) is 4.88 Å². The highest BCUT2D eigenvalue weighted by molar-refractivity contribution is 7.18. The average Bonchev–Trinajstić information content (AvgIpc) is 3.07. The molecule has 0 amide bonds. The Morgan fingerprint density at radius 1 is 1.24 bits per heavy atom. The zero-order chi connectivity index (χ0) is 17.6. The van der Waals surface area contributed by atoms with Crippen LogP contribution in [0.1, 0.15) is 22.2 Å². The summed E-state index contributed by atoms with van der Waals surface area (Å²) in [4.78, 5) is 17.3. The summed E-state index contributed by atoms with van der Waals surface area (Å²) in [7, 11) is 0. The highest BCUT2D eigenvalue weighted by Gasteiger charge is 2.21. The number of thiazole rings is 1. The number of nitrogens with zero attached hydrogens (tertiary/aromatic N) is 2. The van der Waals surface area contributed by atoms with E-state index in [9.17, 15) is 4.79 Å². The summed E-state index contributed by atoms with van der Waals surface area (Å²) in [6.07, 6.45) is 0. The van der Waals surface area contributed by atoms with Crippen molar-refractivity contribution >= 4 is 28.1 Å². The number of ether oxygens (including phenoxy) is 1. The van der Waals surface area contributed by atoms with Crippen LogP contribution in [0, 0.1) is 11.3 Å². The van der Waals surface area contributed by atoms with Crippen LogP contribution in [0.15, 0.2) is 54.6 Å². The minimum atomic E-state index is -0.418. The molecule has 0 aliphatic rings. The van der Waals surface area contributed by atoms with Gasteiger partial charge in [-0.25, -0.2) is 9.78 Å². The molecule has 0 aliphatic carbocycles. The largest absolute Gasteiger partial charge is 0.462 e. The molecule has 0 fully saturated rings. The molecular weight excluding hydrogens is 334 g/mol. The van der Waals surface area contributed by atoms with Crippen LogP contribution in [-0.2, 0) is 4.74 Å². The fourth-order valence-corrected chi connectivity index (χ4v) is 3.19. The van der Waals surface area contributed by atoms with Gasteiger partial charge < -0.3 is 10.1 Å². The van der Waals surface area contributed by atoms with Gasteiger partial charge in [0.05, 0.1) is 23.9 Å². The normalized spacial score (nSPS) is 10.1. The summed E-state index contributed by atoms with van der Waals surface area (Å²) in [5.74, 6) is -0.418. The van der Waals surface area contributed by atoms with E-state index in [4.69, 9.17) is 10.00 Å². The number of nitrogens with one attached hydrogen (secondary N) is 1. The number of hydrogen-bond acceptors (Lipinski definition) is 6. The fourth-order valence-electron chi connectivity index (χ4n) is 2.29. The number of carbonyl (C=O) groups is 1. The number of nitriles is 1. The number of benzene rings is 2. The average molecular weight is 349 g/mol. The number of anilines is 2. The Bertz CT molecular complexity index is 929. The molecule has 2 aromatic carbocycles. The van der Waals surface area contributed by atoms with Gasteiger partial charge in [0.15, 0.2) is 5.13 Å². The number of hydrogen-bond donors (Lipinski definition) is 1. The molecule has 0 atom stereocenters. The smallest absolute Gasteiger partial charge is 0.350 e. The molecule has 1 heterocycles. The van der Waals surface area contributed by atoms with Gasteiger partial charge in [-0.1, -0.05) is 41.7 Å². The monoisotopic (exact) mass is 349 g/mol. The van der Waals surface area contributed by atoms with Crippen molar-refractivity contribution in [3.63, 3.8) is 0 Å². The van der Waals surface area contributed by atoms with Crippen molar-refractivity contribution in [2.45, 2.75) is 6.92 Å². The Morgan fingerprint density at radius 2 is 2.04 bits per heavy atom. The maximum Gasteiger partial charge on any atom is 0.350 e. The maximum absolute atomic E-state index is 12.3. The first-order chi connectivity index (χ1) is 12.2. The number of aromatic nitrogens is 1. The number of esters is 1. The minimum Gasteiger partial charge on any atom is -0.462 e. The Hall–Kier alpha value is -3.17. The maximum atomic E-state index is 12.3. The van der Waals surface area contributed by atoms with Crippen molar-refractivity contribution in [2.24, 2.45) is 0 Å². The molecule has 0 radical (unpaired) electrons. The summed E-state index contributed by atoms with van der Waals surface area (Å²) in [5, 5.41) is 12.9. The SMILES string of the molecule is CCOC(=O)c1sc(Nc2ccccc2)nc1-c1cccc(C#N)c1. The summed E-state index contributed by atoms with van der Waals surface area (Å²) in [5.41, 5.74) is 2.61. The van der Waals surface area contributed by atoms with Crippen molar-refractivity contribution in [1.29, 1.82) is 5.26 Å². The highest BCUT2D eigenvalue weighted by Crippen LogP contribution is 2.33. The number of carbonyl (C=O) groups excluding carboxylic acids is 1. The molecule has 1 N–H and O–H groups in total. The molecule has 3 rings (SSSR count). The van der Waals surface area contributed by atoms with Crippen LogP contribution < -0.4 is 5.32 Å². The second kappa shape index (κ2) is 7.60. The van der Waals surface area contributed by atoms with E-state index in [-0.39, 0.29) is 6.61 Å². The highest BCUT2D eigenvalue weighted by atomic mass is 32.1. The van der Waals surface area contributed by atoms with Crippen LogP contribution in [0.5, 0.6) is 0 Å². The molecular formula is C19H15N3O2S. The predicted molar refractivity (Wildman–Crippen MR) is 97.9 cm³/mol. The van der Waals surface area contributed by atoms with Gasteiger partial charge in [-0.05, 0) is 31.2 Å². The summed E-state index contributed by atoms with van der Waals surface area (Å²) >= 11 is 1.23. The lowest BCUT2D eigenvalue weighted by atomic mass is 10.1. The van der Waals surface area contributed by atoms with E-state index in [0.29, 0.717) is 26.8 Å². The first-order valence-corrected chi connectivity index (χ1v) is 8.53. The first-order valence-electron chi connectivity index (χ1n) is 7.72. The zero-order valence-electron chi connectivity index (χ0n) is 13.5. The minimum absolute atomic E-state index is 0.288. The van der Waals surface area contributed by atoms with Crippen molar-refractivity contribution in [2.75, 3.05) is 11.9 Å².